The van der Waals surface area contributed by atoms with Crippen molar-refractivity contribution >= 4 is 5.69 Å². The Morgan fingerprint density at radius 3 is 2.63 bits per heavy atom. The number of ether oxygens (including phenoxy) is 1. The Morgan fingerprint density at radius 2 is 2.16 bits per heavy atom. The van der Waals surface area contributed by atoms with Crippen molar-refractivity contribution in [3.05, 3.63) is 33.9 Å². The molecule has 0 radical (unpaired) electrons. The van der Waals surface area contributed by atoms with Crippen LogP contribution in [0.3, 0.4) is 0 Å². The number of non-ortho nitro benzene ring substituents is 1. The summed E-state index contributed by atoms with van der Waals surface area (Å²) in [5.74, 6) is 0.553. The van der Waals surface area contributed by atoms with Gasteiger partial charge in [-0.3, -0.25) is 10.1 Å². The average molecular weight is 264 g/mol. The highest BCUT2D eigenvalue weighted by atomic mass is 16.6. The van der Waals surface area contributed by atoms with Crippen molar-refractivity contribution in [1.82, 2.24) is 5.32 Å². The number of nitro groups is 1. The SMILES string of the molecule is CNC(C)C1(Cc2cc(OC)cc([N+](=O)[O-])c2)CC1. The second kappa shape index (κ2) is 5.17. The van der Waals surface area contributed by atoms with E-state index in [0.717, 1.165) is 12.0 Å². The minimum Gasteiger partial charge on any atom is -0.496 e. The minimum absolute atomic E-state index is 0.0993. The van der Waals surface area contributed by atoms with Gasteiger partial charge in [-0.2, -0.15) is 0 Å². The number of nitro benzene ring substituents is 1. The molecule has 0 spiro atoms. The van der Waals surface area contributed by atoms with Crippen LogP contribution in [0.25, 0.3) is 0 Å². The van der Waals surface area contributed by atoms with Gasteiger partial charge in [-0.1, -0.05) is 0 Å². The Morgan fingerprint density at radius 1 is 1.47 bits per heavy atom. The molecule has 19 heavy (non-hydrogen) atoms. The maximum absolute atomic E-state index is 10.9. The number of nitrogens with one attached hydrogen (secondary N) is 1. The highest BCUT2D eigenvalue weighted by Crippen LogP contribution is 2.51. The molecule has 1 saturated carbocycles. The molecule has 0 saturated heterocycles. The molecular formula is C14H20N2O3. The third-order valence-electron chi connectivity index (χ3n) is 4.20. The summed E-state index contributed by atoms with van der Waals surface area (Å²) in [6.07, 6.45) is 3.19. The Hall–Kier alpha value is -1.62. The van der Waals surface area contributed by atoms with Crippen LogP contribution in [0.2, 0.25) is 0 Å². The molecule has 0 heterocycles. The zero-order chi connectivity index (χ0) is 14.0. The van der Waals surface area contributed by atoms with Crippen molar-refractivity contribution in [3.8, 4) is 5.75 Å². The topological polar surface area (TPSA) is 64.4 Å². The minimum atomic E-state index is -0.368. The van der Waals surface area contributed by atoms with Crippen LogP contribution in [-0.2, 0) is 6.42 Å². The summed E-state index contributed by atoms with van der Waals surface area (Å²) < 4.78 is 5.15. The van der Waals surface area contributed by atoms with Crippen LogP contribution in [0.15, 0.2) is 18.2 Å². The molecule has 2 rings (SSSR count). The van der Waals surface area contributed by atoms with E-state index >= 15 is 0 Å². The van der Waals surface area contributed by atoms with Crippen molar-refractivity contribution in [1.29, 1.82) is 0 Å². The Labute approximate surface area is 113 Å². The number of rotatable bonds is 6. The predicted molar refractivity (Wildman–Crippen MR) is 73.5 cm³/mol. The van der Waals surface area contributed by atoms with Crippen molar-refractivity contribution in [3.63, 3.8) is 0 Å². The maximum atomic E-state index is 10.9. The van der Waals surface area contributed by atoms with Gasteiger partial charge >= 0.3 is 0 Å². The van der Waals surface area contributed by atoms with E-state index in [4.69, 9.17) is 4.74 Å². The fourth-order valence-corrected chi connectivity index (χ4v) is 2.60. The van der Waals surface area contributed by atoms with E-state index < -0.39 is 0 Å². The molecule has 1 atom stereocenters. The van der Waals surface area contributed by atoms with Gasteiger partial charge in [-0.05, 0) is 50.3 Å². The molecular weight excluding hydrogens is 244 g/mol. The first kappa shape index (κ1) is 13.8. The molecule has 1 aromatic carbocycles. The standard InChI is InChI=1S/C14H20N2O3/c1-10(15-2)14(4-5-14)9-11-6-12(16(17)18)8-13(7-11)19-3/h6-8,10,15H,4-5,9H2,1-3H3. The van der Waals surface area contributed by atoms with Crippen LogP contribution >= 0.6 is 0 Å². The summed E-state index contributed by atoms with van der Waals surface area (Å²) >= 11 is 0. The van der Waals surface area contributed by atoms with Gasteiger partial charge in [-0.25, -0.2) is 0 Å². The first-order valence-corrected chi connectivity index (χ1v) is 6.50. The second-order valence-electron chi connectivity index (χ2n) is 5.35. The van der Waals surface area contributed by atoms with Gasteiger partial charge in [0.2, 0.25) is 0 Å². The van der Waals surface area contributed by atoms with Gasteiger partial charge in [0.1, 0.15) is 5.75 Å². The molecule has 0 amide bonds. The Kier molecular flexibility index (Phi) is 3.75. The lowest BCUT2D eigenvalue weighted by molar-refractivity contribution is -0.385. The lowest BCUT2D eigenvalue weighted by Gasteiger charge is -2.23. The van der Waals surface area contributed by atoms with Gasteiger partial charge in [0.25, 0.3) is 5.69 Å². The van der Waals surface area contributed by atoms with E-state index in [1.165, 1.54) is 26.0 Å². The largest absolute Gasteiger partial charge is 0.496 e. The number of nitrogens with zero attached hydrogens (tertiary/aromatic N) is 1. The molecule has 104 valence electrons. The van der Waals surface area contributed by atoms with Crippen LogP contribution in [0.5, 0.6) is 5.75 Å². The normalized spacial score (nSPS) is 17.8. The van der Waals surface area contributed by atoms with E-state index in [1.54, 1.807) is 6.07 Å². The summed E-state index contributed by atoms with van der Waals surface area (Å²) in [4.78, 5) is 10.6. The molecule has 1 N–H and O–H groups in total. The van der Waals surface area contributed by atoms with Crippen molar-refractivity contribution in [2.45, 2.75) is 32.2 Å². The summed E-state index contributed by atoms with van der Waals surface area (Å²) in [6.45, 7) is 2.17. The fraction of sp³-hybridized carbons (Fsp3) is 0.571. The van der Waals surface area contributed by atoms with E-state index in [2.05, 4.69) is 12.2 Å². The highest BCUT2D eigenvalue weighted by Gasteiger charge is 2.46. The molecule has 1 fully saturated rings. The van der Waals surface area contributed by atoms with Crippen molar-refractivity contribution in [2.75, 3.05) is 14.2 Å². The quantitative estimate of drug-likeness (QED) is 0.633. The van der Waals surface area contributed by atoms with E-state index in [9.17, 15) is 10.1 Å². The summed E-state index contributed by atoms with van der Waals surface area (Å²) in [6, 6.07) is 5.43. The van der Waals surface area contributed by atoms with Gasteiger partial charge in [-0.15, -0.1) is 0 Å². The predicted octanol–water partition coefficient (Wildman–Crippen LogP) is 2.53. The molecule has 5 nitrogen and oxygen atoms in total. The zero-order valence-electron chi connectivity index (χ0n) is 11.6. The first-order chi connectivity index (χ1) is 9.00. The molecule has 5 heteroatoms. The summed E-state index contributed by atoms with van der Waals surface area (Å²) in [5.41, 5.74) is 1.32. The van der Waals surface area contributed by atoms with Crippen molar-refractivity contribution in [2.24, 2.45) is 5.41 Å². The van der Waals surface area contributed by atoms with Crippen LogP contribution in [0.1, 0.15) is 25.3 Å². The first-order valence-electron chi connectivity index (χ1n) is 6.50. The van der Waals surface area contributed by atoms with Crippen LogP contribution < -0.4 is 10.1 Å². The monoisotopic (exact) mass is 264 g/mol. The molecule has 0 aliphatic heterocycles. The summed E-state index contributed by atoms with van der Waals surface area (Å²) in [7, 11) is 3.49. The van der Waals surface area contributed by atoms with Gasteiger partial charge in [0.05, 0.1) is 18.1 Å². The van der Waals surface area contributed by atoms with Crippen LogP contribution in [0.4, 0.5) is 5.69 Å². The van der Waals surface area contributed by atoms with Crippen molar-refractivity contribution < 1.29 is 9.66 Å². The van der Waals surface area contributed by atoms with Gasteiger partial charge in [0.15, 0.2) is 0 Å². The van der Waals surface area contributed by atoms with Crippen LogP contribution in [0, 0.1) is 15.5 Å². The highest BCUT2D eigenvalue weighted by molar-refractivity contribution is 5.43. The Balaban J connectivity index is 2.25. The maximum Gasteiger partial charge on any atom is 0.273 e. The van der Waals surface area contributed by atoms with E-state index in [1.807, 2.05) is 13.1 Å². The second-order valence-corrected chi connectivity index (χ2v) is 5.35. The lowest BCUT2D eigenvalue weighted by atomic mass is 9.89. The molecule has 1 aliphatic rings. The number of hydrogen-bond acceptors (Lipinski definition) is 4. The molecule has 1 unspecified atom stereocenters. The molecule has 0 aromatic heterocycles. The average Bonchev–Trinajstić information content (AvgIpc) is 3.18. The number of methoxy groups -OCH3 is 1. The Bertz CT molecular complexity index is 484. The number of benzene rings is 1. The lowest BCUT2D eigenvalue weighted by Crippen LogP contribution is -2.33. The molecule has 1 aliphatic carbocycles. The smallest absolute Gasteiger partial charge is 0.273 e. The van der Waals surface area contributed by atoms with E-state index in [0.29, 0.717) is 11.8 Å². The summed E-state index contributed by atoms with van der Waals surface area (Å²) in [5, 5.41) is 14.2. The van der Waals surface area contributed by atoms with Gasteiger partial charge in [0, 0.05) is 12.1 Å². The third kappa shape index (κ3) is 2.87. The van der Waals surface area contributed by atoms with E-state index in [-0.39, 0.29) is 16.0 Å². The van der Waals surface area contributed by atoms with Gasteiger partial charge < -0.3 is 10.1 Å². The fourth-order valence-electron chi connectivity index (χ4n) is 2.60. The molecule has 0 bridgehead atoms. The number of hydrogen-bond donors (Lipinski definition) is 1. The van der Waals surface area contributed by atoms with Crippen LogP contribution in [-0.4, -0.2) is 25.1 Å². The third-order valence-corrected chi connectivity index (χ3v) is 4.20. The molecule has 1 aromatic rings. The zero-order valence-corrected chi connectivity index (χ0v) is 11.6.